The zero-order chi connectivity index (χ0) is 23.5. The molecule has 3 aliphatic rings. The number of pyridine rings is 1. The van der Waals surface area contributed by atoms with Crippen LogP contribution in [0.25, 0.3) is 0 Å². The second-order valence-electron chi connectivity index (χ2n) is 9.35. The maximum atomic E-state index is 13.9. The number of nitrogens with zero attached hydrogens (tertiary/aromatic N) is 3. The Hall–Kier alpha value is -3.00. The van der Waals surface area contributed by atoms with Crippen molar-refractivity contribution in [3.63, 3.8) is 0 Å². The lowest BCUT2D eigenvalue weighted by Crippen LogP contribution is -2.54. The lowest BCUT2D eigenvalue weighted by molar-refractivity contribution is -0.139. The van der Waals surface area contributed by atoms with Crippen LogP contribution in [-0.2, 0) is 21.5 Å². The van der Waals surface area contributed by atoms with Crippen LogP contribution < -0.4 is 5.32 Å². The number of nitrogens with one attached hydrogen (secondary N) is 1. The molecule has 4 heterocycles. The Morgan fingerprint density at radius 3 is 2.68 bits per heavy atom. The summed E-state index contributed by atoms with van der Waals surface area (Å²) in [6.07, 6.45) is 12.2. The first-order valence-electron chi connectivity index (χ1n) is 12.1. The lowest BCUT2D eigenvalue weighted by atomic mass is 9.73. The van der Waals surface area contributed by atoms with Crippen molar-refractivity contribution in [2.24, 2.45) is 11.8 Å². The molecule has 178 valence electrons. The van der Waals surface area contributed by atoms with Crippen LogP contribution in [0, 0.1) is 11.8 Å². The van der Waals surface area contributed by atoms with Crippen LogP contribution in [0.1, 0.15) is 42.5 Å². The number of rotatable bonds is 6. The van der Waals surface area contributed by atoms with E-state index >= 15 is 0 Å². The van der Waals surface area contributed by atoms with Crippen molar-refractivity contribution in [2.75, 3.05) is 19.6 Å². The number of hydrogen-bond acceptors (Lipinski definition) is 5. The summed E-state index contributed by atoms with van der Waals surface area (Å²) in [5.74, 6) is -0.0218. The standard InChI is InChI=1S/C26H30N4O3S/c31-23(19-6-2-1-3-7-19)29-14-10-20(11-15-29)26(21-8-4-13-27-18-21)24(32)30(25(33)28-26)16-12-22-9-5-17-34-22/h1-2,4-5,8-9,13,17-20H,3,6-7,10-12,14-16H2,(H,28,33)/t19-,26+/m0/s1. The molecule has 0 bridgehead atoms. The van der Waals surface area contributed by atoms with Crippen LogP contribution >= 0.6 is 11.3 Å². The van der Waals surface area contributed by atoms with Gasteiger partial charge in [0.05, 0.1) is 0 Å². The van der Waals surface area contributed by atoms with Gasteiger partial charge >= 0.3 is 6.03 Å². The van der Waals surface area contributed by atoms with Crippen molar-refractivity contribution in [3.8, 4) is 0 Å². The fourth-order valence-electron chi connectivity index (χ4n) is 5.59. The Morgan fingerprint density at radius 1 is 1.15 bits per heavy atom. The summed E-state index contributed by atoms with van der Waals surface area (Å²) >= 11 is 1.63. The number of allylic oxidation sites excluding steroid dienone is 2. The molecule has 0 spiro atoms. The summed E-state index contributed by atoms with van der Waals surface area (Å²) in [6, 6.07) is 7.33. The van der Waals surface area contributed by atoms with Crippen molar-refractivity contribution < 1.29 is 14.4 Å². The highest BCUT2D eigenvalue weighted by Crippen LogP contribution is 2.41. The summed E-state index contributed by atoms with van der Waals surface area (Å²) in [5.41, 5.74) is -0.419. The minimum atomic E-state index is -1.14. The Morgan fingerprint density at radius 2 is 2.00 bits per heavy atom. The second-order valence-corrected chi connectivity index (χ2v) is 10.4. The molecule has 0 unspecified atom stereocenters. The summed E-state index contributed by atoms with van der Waals surface area (Å²) in [4.78, 5) is 48.7. The van der Waals surface area contributed by atoms with E-state index in [4.69, 9.17) is 0 Å². The third kappa shape index (κ3) is 4.15. The minimum absolute atomic E-state index is 0.0643. The Balaban J connectivity index is 1.35. The zero-order valence-corrected chi connectivity index (χ0v) is 20.0. The van der Waals surface area contributed by atoms with Crippen LogP contribution in [-0.4, -0.2) is 52.3 Å². The average molecular weight is 479 g/mol. The number of likely N-dealkylation sites (tertiary alicyclic amines) is 1. The molecule has 0 aromatic carbocycles. The molecule has 0 saturated carbocycles. The largest absolute Gasteiger partial charge is 0.342 e. The van der Waals surface area contributed by atoms with Gasteiger partial charge in [0.2, 0.25) is 5.91 Å². The first-order chi connectivity index (χ1) is 16.6. The van der Waals surface area contributed by atoms with E-state index in [2.05, 4.69) is 22.5 Å². The van der Waals surface area contributed by atoms with Gasteiger partial charge in [-0.2, -0.15) is 0 Å². The van der Waals surface area contributed by atoms with Crippen LogP contribution in [0.15, 0.2) is 54.2 Å². The average Bonchev–Trinajstić information content (AvgIpc) is 3.50. The van der Waals surface area contributed by atoms with Gasteiger partial charge in [0, 0.05) is 48.4 Å². The van der Waals surface area contributed by atoms with Crippen molar-refractivity contribution in [1.29, 1.82) is 0 Å². The Bertz CT molecular complexity index is 1060. The lowest BCUT2D eigenvalue weighted by Gasteiger charge is -2.41. The predicted molar refractivity (Wildman–Crippen MR) is 130 cm³/mol. The molecule has 2 fully saturated rings. The van der Waals surface area contributed by atoms with E-state index in [1.807, 2.05) is 28.5 Å². The SMILES string of the molecule is O=C([C@H]1CC=CCC1)N1CCC([C@]2(c3cccnc3)NC(=O)N(CCc3cccs3)C2=O)CC1. The van der Waals surface area contributed by atoms with Gasteiger partial charge in [-0.1, -0.05) is 24.3 Å². The highest BCUT2D eigenvalue weighted by atomic mass is 32.1. The highest BCUT2D eigenvalue weighted by molar-refractivity contribution is 7.09. The second kappa shape index (κ2) is 9.70. The fourth-order valence-corrected chi connectivity index (χ4v) is 6.29. The molecular weight excluding hydrogens is 448 g/mol. The molecule has 2 aromatic heterocycles. The minimum Gasteiger partial charge on any atom is -0.342 e. The summed E-state index contributed by atoms with van der Waals surface area (Å²) in [6.45, 7) is 1.55. The van der Waals surface area contributed by atoms with Crippen LogP contribution in [0.3, 0.4) is 0 Å². The van der Waals surface area contributed by atoms with Gasteiger partial charge < -0.3 is 10.2 Å². The number of carbonyl (C=O) groups excluding carboxylic acids is 3. The maximum Gasteiger partial charge on any atom is 0.325 e. The third-order valence-corrected chi connectivity index (χ3v) is 8.38. The number of imide groups is 1. The smallest absolute Gasteiger partial charge is 0.325 e. The first kappa shape index (κ1) is 22.8. The monoisotopic (exact) mass is 478 g/mol. The van der Waals surface area contributed by atoms with Gasteiger partial charge in [0.25, 0.3) is 5.91 Å². The van der Waals surface area contributed by atoms with E-state index in [0.29, 0.717) is 44.5 Å². The van der Waals surface area contributed by atoms with Gasteiger partial charge in [-0.05, 0) is 62.0 Å². The van der Waals surface area contributed by atoms with Crippen molar-refractivity contribution >= 4 is 29.2 Å². The Kier molecular flexibility index (Phi) is 6.50. The number of hydrogen-bond donors (Lipinski definition) is 1. The molecule has 2 aromatic rings. The van der Waals surface area contributed by atoms with Crippen LogP contribution in [0.4, 0.5) is 4.79 Å². The number of amides is 4. The van der Waals surface area contributed by atoms with Gasteiger partial charge in [0.1, 0.15) is 0 Å². The van der Waals surface area contributed by atoms with E-state index in [1.165, 1.54) is 4.90 Å². The topological polar surface area (TPSA) is 82.6 Å². The highest BCUT2D eigenvalue weighted by Gasteiger charge is 2.57. The molecule has 5 rings (SSSR count). The van der Waals surface area contributed by atoms with Gasteiger partial charge in [-0.25, -0.2) is 4.79 Å². The van der Waals surface area contributed by atoms with Crippen molar-refractivity contribution in [2.45, 2.75) is 44.1 Å². The number of urea groups is 1. The quantitative estimate of drug-likeness (QED) is 0.507. The normalized spacial score (nSPS) is 25.6. The summed E-state index contributed by atoms with van der Waals surface area (Å²) < 4.78 is 0. The maximum absolute atomic E-state index is 13.9. The van der Waals surface area contributed by atoms with E-state index in [9.17, 15) is 14.4 Å². The van der Waals surface area contributed by atoms with E-state index in [0.717, 1.165) is 24.1 Å². The summed E-state index contributed by atoms with van der Waals surface area (Å²) in [5, 5.41) is 5.08. The number of piperidine rings is 1. The van der Waals surface area contributed by atoms with Gasteiger partial charge in [-0.15, -0.1) is 11.3 Å². The molecule has 7 nitrogen and oxygen atoms in total. The molecule has 1 N–H and O–H groups in total. The van der Waals surface area contributed by atoms with E-state index in [1.54, 1.807) is 29.8 Å². The summed E-state index contributed by atoms with van der Waals surface area (Å²) in [7, 11) is 0. The molecular formula is C26H30N4O3S. The third-order valence-electron chi connectivity index (χ3n) is 7.45. The molecule has 2 atom stereocenters. The molecule has 2 aliphatic heterocycles. The van der Waals surface area contributed by atoms with Crippen LogP contribution in [0.5, 0.6) is 0 Å². The van der Waals surface area contributed by atoms with Gasteiger partial charge in [0.15, 0.2) is 5.54 Å². The van der Waals surface area contributed by atoms with E-state index < -0.39 is 5.54 Å². The molecule has 2 saturated heterocycles. The van der Waals surface area contributed by atoms with E-state index in [-0.39, 0.29) is 29.7 Å². The first-order valence-corrected chi connectivity index (χ1v) is 13.0. The number of aromatic nitrogens is 1. The van der Waals surface area contributed by atoms with Crippen molar-refractivity contribution in [3.05, 3.63) is 64.6 Å². The number of carbonyl (C=O) groups is 3. The Labute approximate surface area is 203 Å². The van der Waals surface area contributed by atoms with Gasteiger partial charge in [-0.3, -0.25) is 19.5 Å². The number of thiophene rings is 1. The fraction of sp³-hybridized carbons (Fsp3) is 0.462. The zero-order valence-electron chi connectivity index (χ0n) is 19.2. The molecule has 4 amide bonds. The molecule has 8 heteroatoms. The molecule has 34 heavy (non-hydrogen) atoms. The van der Waals surface area contributed by atoms with Crippen molar-refractivity contribution in [1.82, 2.24) is 20.1 Å². The van der Waals surface area contributed by atoms with Crippen LogP contribution in [0.2, 0.25) is 0 Å². The molecule has 0 radical (unpaired) electrons. The predicted octanol–water partition coefficient (Wildman–Crippen LogP) is 3.73. The molecule has 1 aliphatic carbocycles.